The number of amides is 1. The highest BCUT2D eigenvalue weighted by Crippen LogP contribution is 2.32. The molecular weight excluding hydrogens is 410 g/mol. The summed E-state index contributed by atoms with van der Waals surface area (Å²) in [4.78, 5) is 38.5. The van der Waals surface area contributed by atoms with Gasteiger partial charge in [-0.3, -0.25) is 10.1 Å². The normalized spacial score (nSPS) is 10.6. The van der Waals surface area contributed by atoms with Crippen molar-refractivity contribution in [1.82, 2.24) is 0 Å². The number of benzene rings is 2. The predicted octanol–water partition coefficient (Wildman–Crippen LogP) is 4.71. The van der Waals surface area contributed by atoms with E-state index in [-0.39, 0.29) is 36.0 Å². The smallest absolute Gasteiger partial charge is 0.344 e. The van der Waals surface area contributed by atoms with Crippen molar-refractivity contribution in [1.29, 1.82) is 0 Å². The molecule has 0 atom stereocenters. The minimum atomic E-state index is -0.779. The van der Waals surface area contributed by atoms with Gasteiger partial charge in [-0.1, -0.05) is 60.7 Å². The van der Waals surface area contributed by atoms with Crippen molar-refractivity contribution in [3.8, 4) is 0 Å². The highest BCUT2D eigenvalue weighted by Gasteiger charge is 2.33. The number of furan rings is 1. The summed E-state index contributed by atoms with van der Waals surface area (Å²) >= 11 is 0. The third-order valence-corrected chi connectivity index (χ3v) is 4.81. The molecule has 1 heterocycles. The number of ether oxygens (including phenoxy) is 2. The molecule has 1 amide bonds. The lowest BCUT2D eigenvalue weighted by Crippen LogP contribution is -2.23. The second kappa shape index (κ2) is 10.4. The van der Waals surface area contributed by atoms with Gasteiger partial charge in [0.2, 0.25) is 11.8 Å². The molecule has 2 aromatic carbocycles. The van der Waals surface area contributed by atoms with Crippen LogP contribution in [0.5, 0.6) is 0 Å². The first kappa shape index (κ1) is 22.8. The number of hydrogen-bond acceptors (Lipinski definition) is 6. The molecule has 0 aliphatic carbocycles. The zero-order chi connectivity index (χ0) is 23.1. The molecule has 1 N–H and O–H groups in total. The molecule has 32 heavy (non-hydrogen) atoms. The van der Waals surface area contributed by atoms with Gasteiger partial charge in [-0.2, -0.15) is 0 Å². The van der Waals surface area contributed by atoms with Crippen LogP contribution in [0.3, 0.4) is 0 Å². The summed E-state index contributed by atoms with van der Waals surface area (Å²) in [6.45, 7) is 5.04. The van der Waals surface area contributed by atoms with Crippen LogP contribution in [0, 0.1) is 6.92 Å². The minimum absolute atomic E-state index is 0.0587. The van der Waals surface area contributed by atoms with E-state index < -0.39 is 23.8 Å². The van der Waals surface area contributed by atoms with Crippen LogP contribution in [-0.2, 0) is 14.3 Å². The molecule has 0 aliphatic heterocycles. The third-order valence-electron chi connectivity index (χ3n) is 4.81. The fraction of sp³-hybridized carbons (Fsp3) is 0.240. The molecule has 7 heteroatoms. The standard InChI is InChI=1S/C25H25NO6/c1-4-30-24(28)19-16(3)32-23(21(19)25(29)31-5-2)26-22(27)20(17-12-8-6-9-13-17)18-14-10-7-11-15-18/h6-15,20H,4-5H2,1-3H3,(H,26,27). The van der Waals surface area contributed by atoms with Crippen LogP contribution < -0.4 is 5.32 Å². The Hall–Kier alpha value is -3.87. The van der Waals surface area contributed by atoms with Gasteiger partial charge in [-0.25, -0.2) is 9.59 Å². The van der Waals surface area contributed by atoms with Gasteiger partial charge in [0.15, 0.2) is 0 Å². The van der Waals surface area contributed by atoms with Crippen LogP contribution >= 0.6 is 0 Å². The highest BCUT2D eigenvalue weighted by molar-refractivity contribution is 6.10. The van der Waals surface area contributed by atoms with Gasteiger partial charge in [0.25, 0.3) is 0 Å². The number of rotatable bonds is 8. The Labute approximate surface area is 186 Å². The zero-order valence-corrected chi connectivity index (χ0v) is 18.2. The Morgan fingerprint density at radius 3 is 1.75 bits per heavy atom. The number of esters is 2. The molecule has 0 spiro atoms. The average molecular weight is 435 g/mol. The van der Waals surface area contributed by atoms with E-state index in [9.17, 15) is 14.4 Å². The molecule has 0 unspecified atom stereocenters. The summed E-state index contributed by atoms with van der Waals surface area (Å²) in [7, 11) is 0. The van der Waals surface area contributed by atoms with Crippen molar-refractivity contribution in [3.63, 3.8) is 0 Å². The Bertz CT molecular complexity index is 1050. The fourth-order valence-electron chi connectivity index (χ4n) is 3.45. The minimum Gasteiger partial charge on any atom is -0.462 e. The maximum atomic E-state index is 13.4. The molecule has 3 rings (SSSR count). The summed E-state index contributed by atoms with van der Waals surface area (Å²) in [5.74, 6) is -2.58. The van der Waals surface area contributed by atoms with Crippen LogP contribution in [0.1, 0.15) is 57.4 Å². The molecule has 0 saturated heterocycles. The van der Waals surface area contributed by atoms with E-state index in [0.717, 1.165) is 11.1 Å². The van der Waals surface area contributed by atoms with Gasteiger partial charge < -0.3 is 13.9 Å². The number of carbonyl (C=O) groups is 3. The second-order valence-electron chi connectivity index (χ2n) is 6.92. The first-order valence-corrected chi connectivity index (χ1v) is 10.4. The van der Waals surface area contributed by atoms with E-state index in [2.05, 4.69) is 5.32 Å². The van der Waals surface area contributed by atoms with Crippen molar-refractivity contribution in [2.24, 2.45) is 0 Å². The fourth-order valence-corrected chi connectivity index (χ4v) is 3.45. The molecule has 7 nitrogen and oxygen atoms in total. The van der Waals surface area contributed by atoms with Crippen molar-refractivity contribution in [2.45, 2.75) is 26.7 Å². The number of hydrogen-bond donors (Lipinski definition) is 1. The van der Waals surface area contributed by atoms with Crippen LogP contribution in [0.25, 0.3) is 0 Å². The first-order valence-electron chi connectivity index (χ1n) is 10.4. The van der Waals surface area contributed by atoms with Gasteiger partial charge in [0.1, 0.15) is 16.9 Å². The van der Waals surface area contributed by atoms with Crippen LogP contribution in [0.4, 0.5) is 5.88 Å². The zero-order valence-electron chi connectivity index (χ0n) is 18.2. The summed E-state index contributed by atoms with van der Waals surface area (Å²) in [6.07, 6.45) is 0. The van der Waals surface area contributed by atoms with E-state index in [0.29, 0.717) is 0 Å². The Kier molecular flexibility index (Phi) is 7.44. The number of anilines is 1. The maximum absolute atomic E-state index is 13.4. The van der Waals surface area contributed by atoms with Crippen molar-refractivity contribution >= 4 is 23.7 Å². The van der Waals surface area contributed by atoms with Gasteiger partial charge in [0.05, 0.1) is 19.1 Å². The SMILES string of the molecule is CCOC(=O)c1c(C)oc(NC(=O)C(c2ccccc2)c2ccccc2)c1C(=O)OCC. The third kappa shape index (κ3) is 4.88. The van der Waals surface area contributed by atoms with Gasteiger partial charge >= 0.3 is 11.9 Å². The average Bonchev–Trinajstić information content (AvgIpc) is 3.11. The van der Waals surface area contributed by atoms with Gasteiger partial charge in [0, 0.05) is 0 Å². The van der Waals surface area contributed by atoms with E-state index in [4.69, 9.17) is 13.9 Å². The molecule has 0 radical (unpaired) electrons. The largest absolute Gasteiger partial charge is 0.462 e. The summed E-state index contributed by atoms with van der Waals surface area (Å²) in [5.41, 5.74) is 1.32. The number of carbonyl (C=O) groups excluding carboxylic acids is 3. The summed E-state index contributed by atoms with van der Waals surface area (Å²) in [6, 6.07) is 18.5. The molecule has 3 aromatic rings. The molecule has 1 aromatic heterocycles. The molecule has 0 aliphatic rings. The topological polar surface area (TPSA) is 94.8 Å². The lowest BCUT2D eigenvalue weighted by molar-refractivity contribution is -0.116. The molecule has 0 saturated carbocycles. The monoisotopic (exact) mass is 435 g/mol. The van der Waals surface area contributed by atoms with Crippen molar-refractivity contribution < 1.29 is 28.3 Å². The maximum Gasteiger partial charge on any atom is 0.344 e. The highest BCUT2D eigenvalue weighted by atomic mass is 16.5. The summed E-state index contributed by atoms with van der Waals surface area (Å²) < 4.78 is 15.8. The number of nitrogens with one attached hydrogen (secondary N) is 1. The van der Waals surface area contributed by atoms with Crippen LogP contribution in [0.15, 0.2) is 65.1 Å². The lowest BCUT2D eigenvalue weighted by atomic mass is 9.90. The van der Waals surface area contributed by atoms with E-state index in [1.54, 1.807) is 13.8 Å². The van der Waals surface area contributed by atoms with Crippen molar-refractivity contribution in [2.75, 3.05) is 18.5 Å². The molecule has 0 fully saturated rings. The van der Waals surface area contributed by atoms with Gasteiger partial charge in [-0.05, 0) is 31.9 Å². The Morgan fingerprint density at radius 1 is 0.812 bits per heavy atom. The Morgan fingerprint density at radius 2 is 1.28 bits per heavy atom. The lowest BCUT2D eigenvalue weighted by Gasteiger charge is -2.17. The van der Waals surface area contributed by atoms with Crippen LogP contribution in [0.2, 0.25) is 0 Å². The molecule has 166 valence electrons. The molecule has 0 bridgehead atoms. The van der Waals surface area contributed by atoms with E-state index in [1.807, 2.05) is 60.7 Å². The summed E-state index contributed by atoms with van der Waals surface area (Å²) in [5, 5.41) is 2.69. The van der Waals surface area contributed by atoms with E-state index >= 15 is 0 Å². The van der Waals surface area contributed by atoms with Crippen LogP contribution in [-0.4, -0.2) is 31.1 Å². The quantitative estimate of drug-likeness (QED) is 0.515. The van der Waals surface area contributed by atoms with Crippen molar-refractivity contribution in [3.05, 3.63) is 88.7 Å². The first-order chi connectivity index (χ1) is 15.5. The predicted molar refractivity (Wildman–Crippen MR) is 119 cm³/mol. The Balaban J connectivity index is 2.04. The molecular formula is C25H25NO6. The number of aryl methyl sites for hydroxylation is 1. The van der Waals surface area contributed by atoms with E-state index in [1.165, 1.54) is 6.92 Å². The van der Waals surface area contributed by atoms with Gasteiger partial charge in [-0.15, -0.1) is 0 Å². The second-order valence-corrected chi connectivity index (χ2v) is 6.92.